The van der Waals surface area contributed by atoms with Gasteiger partial charge in [-0.1, -0.05) is 26.0 Å². The monoisotopic (exact) mass is 778 g/mol. The second kappa shape index (κ2) is 15.9. The summed E-state index contributed by atoms with van der Waals surface area (Å²) in [6.07, 6.45) is 3.21. The Morgan fingerprint density at radius 2 is 1.91 bits per heavy atom. The molecule has 2 fully saturated rings. The first kappa shape index (κ1) is 39.9. The first-order chi connectivity index (χ1) is 27.2. The average Bonchev–Trinajstić information content (AvgIpc) is 3.65. The number of phenolic OH excluding ortho intramolecular Hbond substituents is 1. The molecule has 2 aromatic heterocycles. The molecule has 0 radical (unpaired) electrons. The van der Waals surface area contributed by atoms with Crippen molar-refractivity contribution in [1.29, 1.82) is 0 Å². The minimum absolute atomic E-state index is 0.0202. The lowest BCUT2D eigenvalue weighted by Crippen LogP contribution is -2.61. The first-order valence-corrected chi connectivity index (χ1v) is 20.0. The summed E-state index contributed by atoms with van der Waals surface area (Å²) < 4.78 is 14.1. The number of hydrogen-bond acceptors (Lipinski definition) is 9. The summed E-state index contributed by atoms with van der Waals surface area (Å²) in [5.41, 5.74) is 9.74. The number of hydrazine groups is 1. The van der Waals surface area contributed by atoms with Crippen LogP contribution in [0.5, 0.6) is 5.75 Å². The summed E-state index contributed by atoms with van der Waals surface area (Å²) in [5.74, 6) is -2.03. The van der Waals surface area contributed by atoms with Crippen LogP contribution in [0.3, 0.4) is 0 Å². The van der Waals surface area contributed by atoms with Crippen LogP contribution in [0.15, 0.2) is 54.7 Å². The second-order valence-electron chi connectivity index (χ2n) is 16.6. The quantitative estimate of drug-likeness (QED) is 0.221. The first-order valence-electron chi connectivity index (χ1n) is 20.0. The minimum atomic E-state index is -1.06. The number of aromatic nitrogens is 2. The number of amides is 3. The number of hydrogen-bond donors (Lipinski definition) is 3. The van der Waals surface area contributed by atoms with Crippen LogP contribution in [0.2, 0.25) is 0 Å². The van der Waals surface area contributed by atoms with E-state index in [0.29, 0.717) is 37.9 Å². The topological polar surface area (TPSA) is 155 Å². The molecular weight excluding hydrogens is 725 g/mol. The SMILES string of the molecule is CCn1c(-c2cccnc2[C@H](C)OC)c2c3cc(ccc31)-c1cc(O)cc(c1)C[C@H](NC(=O)[C@H]1CC(=O)N(C)[C@@H]1C)C(=O)N1CCC[C@H](N1)C(=O)OCC(C)(C)C2. The molecule has 302 valence electrons. The summed E-state index contributed by atoms with van der Waals surface area (Å²) in [6.45, 7) is 11.2. The van der Waals surface area contributed by atoms with Gasteiger partial charge in [0.25, 0.3) is 5.91 Å². The number of likely N-dealkylation sites (tertiary alicyclic amines) is 1. The average molecular weight is 779 g/mol. The summed E-state index contributed by atoms with van der Waals surface area (Å²) in [6, 6.07) is 13.4. The number of carbonyl (C=O) groups excluding carboxylic acids is 4. The van der Waals surface area contributed by atoms with Gasteiger partial charge in [-0.15, -0.1) is 0 Å². The number of esters is 1. The Kier molecular flexibility index (Phi) is 11.2. The van der Waals surface area contributed by atoms with E-state index in [1.165, 1.54) is 5.01 Å². The summed E-state index contributed by atoms with van der Waals surface area (Å²) in [5, 5.41) is 16.5. The van der Waals surface area contributed by atoms with Gasteiger partial charge in [-0.2, -0.15) is 0 Å². The summed E-state index contributed by atoms with van der Waals surface area (Å²) in [4.78, 5) is 60.7. The van der Waals surface area contributed by atoms with Gasteiger partial charge in [0.1, 0.15) is 17.8 Å². The maximum atomic E-state index is 14.3. The van der Waals surface area contributed by atoms with Crippen molar-refractivity contribution in [3.05, 3.63) is 71.5 Å². The number of benzene rings is 2. The van der Waals surface area contributed by atoms with Gasteiger partial charge in [-0.3, -0.25) is 29.2 Å². The molecule has 0 spiro atoms. The van der Waals surface area contributed by atoms with E-state index < -0.39 is 41.2 Å². The highest BCUT2D eigenvalue weighted by atomic mass is 16.5. The lowest BCUT2D eigenvalue weighted by Gasteiger charge is -2.36. The molecule has 13 nitrogen and oxygen atoms in total. The van der Waals surface area contributed by atoms with Crippen LogP contribution in [0, 0.1) is 11.3 Å². The van der Waals surface area contributed by atoms with Crippen LogP contribution in [-0.2, 0) is 48.0 Å². The number of phenols is 1. The highest BCUT2D eigenvalue weighted by molar-refractivity contribution is 5.96. The zero-order chi connectivity index (χ0) is 40.8. The van der Waals surface area contributed by atoms with Gasteiger partial charge in [0.15, 0.2) is 0 Å². The lowest BCUT2D eigenvalue weighted by molar-refractivity contribution is -0.155. The number of nitrogens with one attached hydrogen (secondary N) is 2. The molecule has 0 saturated carbocycles. The van der Waals surface area contributed by atoms with Gasteiger partial charge in [-0.25, -0.2) is 5.43 Å². The van der Waals surface area contributed by atoms with E-state index >= 15 is 0 Å². The van der Waals surface area contributed by atoms with E-state index in [-0.39, 0.29) is 43.3 Å². The predicted molar refractivity (Wildman–Crippen MR) is 216 cm³/mol. The molecule has 57 heavy (non-hydrogen) atoms. The molecule has 6 bridgehead atoms. The van der Waals surface area contributed by atoms with E-state index in [1.807, 2.05) is 32.0 Å². The number of fused-ring (bicyclic) bond motifs is 6. The number of methoxy groups -OCH3 is 1. The number of ether oxygens (including phenoxy) is 2. The highest BCUT2D eigenvalue weighted by Crippen LogP contribution is 2.42. The molecule has 3 aliphatic heterocycles. The van der Waals surface area contributed by atoms with Gasteiger partial charge >= 0.3 is 5.97 Å². The fourth-order valence-corrected chi connectivity index (χ4v) is 8.66. The Balaban J connectivity index is 1.38. The van der Waals surface area contributed by atoms with Crippen molar-refractivity contribution in [2.45, 2.75) is 97.5 Å². The van der Waals surface area contributed by atoms with Crippen LogP contribution in [0.1, 0.15) is 76.8 Å². The fraction of sp³-hybridized carbons (Fsp3) is 0.477. The molecule has 4 aromatic rings. The van der Waals surface area contributed by atoms with E-state index in [1.54, 1.807) is 37.4 Å². The molecule has 13 heteroatoms. The Bertz CT molecular complexity index is 2210. The number of carbonyl (C=O) groups is 4. The molecular formula is C44H54N6O7. The molecule has 5 heterocycles. The molecule has 5 atom stereocenters. The lowest BCUT2D eigenvalue weighted by atomic mass is 9.84. The maximum Gasteiger partial charge on any atom is 0.324 e. The van der Waals surface area contributed by atoms with Crippen molar-refractivity contribution in [1.82, 2.24) is 30.2 Å². The zero-order valence-electron chi connectivity index (χ0n) is 33.9. The molecule has 2 saturated heterocycles. The normalized spacial score (nSPS) is 23.3. The van der Waals surface area contributed by atoms with Crippen molar-refractivity contribution in [3.8, 4) is 28.1 Å². The van der Waals surface area contributed by atoms with Crippen LogP contribution in [-0.4, -0.2) is 93.7 Å². The number of aromatic hydroxyl groups is 1. The Morgan fingerprint density at radius 3 is 2.63 bits per heavy atom. The predicted octanol–water partition coefficient (Wildman–Crippen LogP) is 5.32. The van der Waals surface area contributed by atoms with Crippen molar-refractivity contribution < 1.29 is 33.8 Å². The smallest absolute Gasteiger partial charge is 0.324 e. The Labute approximate surface area is 333 Å². The standard InChI is InChI=1S/C44H54N6O7/c1-8-49-37-14-13-28-21-33(37)34(40(49)31-11-9-15-45-39(31)26(3)56-7)23-44(4,5)24-57-43(55)35-12-10-16-50(47-35)42(54)36(19-27-17-29(28)20-30(51)18-27)46-41(53)32-22-38(52)48(6)25(32)2/h9,11,13-15,17-18,20-21,25-26,32,35-36,47,51H,8,10,12,16,19,22-24H2,1-7H3,(H,46,53)/t25-,26+,32+,35+,36+/m1/s1. The van der Waals surface area contributed by atoms with E-state index in [9.17, 15) is 24.3 Å². The summed E-state index contributed by atoms with van der Waals surface area (Å²) >= 11 is 0. The van der Waals surface area contributed by atoms with Crippen molar-refractivity contribution in [3.63, 3.8) is 0 Å². The van der Waals surface area contributed by atoms with Gasteiger partial charge < -0.3 is 29.4 Å². The molecule has 0 unspecified atom stereocenters. The molecule has 2 aromatic carbocycles. The molecule has 3 N–H and O–H groups in total. The van der Waals surface area contributed by atoms with E-state index in [0.717, 1.165) is 44.5 Å². The molecule has 3 amide bonds. The molecule has 7 rings (SSSR count). The van der Waals surface area contributed by atoms with Crippen LogP contribution < -0.4 is 10.7 Å². The van der Waals surface area contributed by atoms with Crippen molar-refractivity contribution in [2.75, 3.05) is 27.3 Å². The summed E-state index contributed by atoms with van der Waals surface area (Å²) in [7, 11) is 3.35. The third kappa shape index (κ3) is 7.87. The molecule has 3 aliphatic rings. The van der Waals surface area contributed by atoms with Crippen LogP contribution >= 0.6 is 0 Å². The van der Waals surface area contributed by atoms with Gasteiger partial charge in [0.05, 0.1) is 30.0 Å². The molecule has 0 aliphatic carbocycles. The highest BCUT2D eigenvalue weighted by Gasteiger charge is 2.41. The third-order valence-electron chi connectivity index (χ3n) is 12.0. The fourth-order valence-electron chi connectivity index (χ4n) is 8.66. The van der Waals surface area contributed by atoms with Crippen molar-refractivity contribution >= 4 is 34.6 Å². The van der Waals surface area contributed by atoms with E-state index in [4.69, 9.17) is 14.5 Å². The van der Waals surface area contributed by atoms with E-state index in [2.05, 4.69) is 54.3 Å². The largest absolute Gasteiger partial charge is 0.508 e. The number of rotatable bonds is 6. The van der Waals surface area contributed by atoms with Gasteiger partial charge in [-0.05, 0) is 98.7 Å². The minimum Gasteiger partial charge on any atom is -0.508 e. The van der Waals surface area contributed by atoms with Gasteiger partial charge in [0, 0.05) is 74.2 Å². The Morgan fingerprint density at radius 1 is 1.12 bits per heavy atom. The van der Waals surface area contributed by atoms with Crippen molar-refractivity contribution in [2.24, 2.45) is 11.3 Å². The number of aryl methyl sites for hydroxylation is 1. The number of nitrogens with zero attached hydrogens (tertiary/aromatic N) is 4. The maximum absolute atomic E-state index is 14.3. The zero-order valence-corrected chi connectivity index (χ0v) is 33.9. The van der Waals surface area contributed by atoms with Crippen LogP contribution in [0.25, 0.3) is 33.3 Å². The number of pyridine rings is 1. The van der Waals surface area contributed by atoms with Gasteiger partial charge in [0.2, 0.25) is 11.8 Å². The Hall–Kier alpha value is -5.27. The second-order valence-corrected chi connectivity index (χ2v) is 16.6. The van der Waals surface area contributed by atoms with Crippen LogP contribution in [0.4, 0.5) is 0 Å². The third-order valence-corrected chi connectivity index (χ3v) is 12.0. The number of cyclic esters (lactones) is 1.